The number of thiophene rings is 1. The van der Waals surface area contributed by atoms with E-state index in [0.29, 0.717) is 10.9 Å². The van der Waals surface area contributed by atoms with Gasteiger partial charge in [0.1, 0.15) is 10.7 Å². The minimum absolute atomic E-state index is 0.0101. The lowest BCUT2D eigenvalue weighted by Gasteiger charge is -2.14. The van der Waals surface area contributed by atoms with Crippen molar-refractivity contribution in [3.8, 4) is 0 Å². The Morgan fingerprint density at radius 1 is 1.55 bits per heavy atom. The van der Waals surface area contributed by atoms with Gasteiger partial charge in [0.05, 0.1) is 0 Å². The maximum atomic E-state index is 12.3. The lowest BCUT2D eigenvalue weighted by Crippen LogP contribution is -2.34. The first-order valence-electron chi connectivity index (χ1n) is 5.83. The molecule has 8 heteroatoms. The van der Waals surface area contributed by atoms with Crippen LogP contribution in [0.4, 0.5) is 5.82 Å². The number of hydrogen-bond acceptors (Lipinski definition) is 5. The van der Waals surface area contributed by atoms with Crippen molar-refractivity contribution in [3.63, 3.8) is 0 Å². The van der Waals surface area contributed by atoms with Crippen LogP contribution in [0.15, 0.2) is 38.5 Å². The van der Waals surface area contributed by atoms with Gasteiger partial charge in [-0.1, -0.05) is 0 Å². The third-order valence-corrected chi connectivity index (χ3v) is 5.40. The molecule has 0 fully saturated rings. The highest BCUT2D eigenvalue weighted by molar-refractivity contribution is 9.10. The van der Waals surface area contributed by atoms with Crippen molar-refractivity contribution in [2.75, 3.05) is 5.73 Å². The molecule has 108 valence electrons. The van der Waals surface area contributed by atoms with E-state index in [0.717, 1.165) is 5.56 Å². The molecule has 0 aliphatic rings. The van der Waals surface area contributed by atoms with E-state index in [1.165, 1.54) is 12.3 Å². The third kappa shape index (κ3) is 3.78. The maximum Gasteiger partial charge on any atom is 0.244 e. The molecule has 0 saturated carbocycles. The topological polar surface area (TPSA) is 85.1 Å². The first-order valence-corrected chi connectivity index (χ1v) is 9.05. The molecule has 1 unspecified atom stereocenters. The minimum Gasteiger partial charge on any atom is -0.383 e. The number of rotatable bonds is 5. The van der Waals surface area contributed by atoms with Crippen LogP contribution in [0.1, 0.15) is 12.5 Å². The number of hydrogen-bond donors (Lipinski definition) is 2. The van der Waals surface area contributed by atoms with Crippen LogP contribution in [-0.2, 0) is 16.4 Å². The smallest absolute Gasteiger partial charge is 0.244 e. The summed E-state index contributed by atoms with van der Waals surface area (Å²) in [6.45, 7) is 1.82. The fourth-order valence-corrected chi connectivity index (χ4v) is 4.29. The van der Waals surface area contributed by atoms with Gasteiger partial charge < -0.3 is 5.73 Å². The van der Waals surface area contributed by atoms with E-state index >= 15 is 0 Å². The summed E-state index contributed by atoms with van der Waals surface area (Å²) in [5.74, 6) is -0.0107. The van der Waals surface area contributed by atoms with Crippen molar-refractivity contribution < 1.29 is 8.42 Å². The first kappa shape index (κ1) is 15.4. The Morgan fingerprint density at radius 3 is 2.95 bits per heavy atom. The summed E-state index contributed by atoms with van der Waals surface area (Å²) in [6, 6.07) is 3.19. The lowest BCUT2D eigenvalue weighted by molar-refractivity contribution is 0.560. The quantitative estimate of drug-likeness (QED) is 0.839. The third-order valence-electron chi connectivity index (χ3n) is 2.62. The zero-order chi connectivity index (χ0) is 14.8. The molecule has 1 atom stereocenters. The Hall–Kier alpha value is -0.960. The molecule has 2 aromatic rings. The molecule has 0 aliphatic heterocycles. The van der Waals surface area contributed by atoms with E-state index in [4.69, 9.17) is 5.73 Å². The van der Waals surface area contributed by atoms with E-state index in [9.17, 15) is 8.42 Å². The lowest BCUT2D eigenvalue weighted by atomic mass is 10.1. The number of aromatic nitrogens is 1. The first-order chi connectivity index (χ1) is 9.38. The molecule has 5 nitrogen and oxygen atoms in total. The van der Waals surface area contributed by atoms with E-state index in [-0.39, 0.29) is 16.8 Å². The van der Waals surface area contributed by atoms with Crippen molar-refractivity contribution in [2.24, 2.45) is 0 Å². The van der Waals surface area contributed by atoms with Crippen LogP contribution in [0.2, 0.25) is 0 Å². The average Bonchev–Trinajstić information content (AvgIpc) is 2.84. The molecule has 2 aromatic heterocycles. The average molecular weight is 376 g/mol. The normalized spacial score (nSPS) is 13.3. The molecule has 2 heterocycles. The van der Waals surface area contributed by atoms with Crippen molar-refractivity contribution in [2.45, 2.75) is 24.3 Å². The van der Waals surface area contributed by atoms with Crippen LogP contribution in [0.3, 0.4) is 0 Å². The molecule has 0 aliphatic carbocycles. The number of pyridine rings is 1. The van der Waals surface area contributed by atoms with Gasteiger partial charge in [0, 0.05) is 16.7 Å². The largest absolute Gasteiger partial charge is 0.383 e. The molecule has 20 heavy (non-hydrogen) atoms. The van der Waals surface area contributed by atoms with Gasteiger partial charge >= 0.3 is 0 Å². The zero-order valence-corrected chi connectivity index (χ0v) is 13.9. The van der Waals surface area contributed by atoms with Gasteiger partial charge in [0.25, 0.3) is 0 Å². The SMILES string of the molecule is CC(Cc1ccsc1)NS(=O)(=O)c1cc(Br)cnc1N. The molecule has 0 spiro atoms. The molecular weight excluding hydrogens is 362 g/mol. The Balaban J connectivity index is 2.16. The summed E-state index contributed by atoms with van der Waals surface area (Å²) in [6.07, 6.45) is 2.09. The Labute approximate surface area is 130 Å². The summed E-state index contributed by atoms with van der Waals surface area (Å²) >= 11 is 4.78. The second-order valence-electron chi connectivity index (χ2n) is 4.39. The molecule has 3 N–H and O–H groups in total. The predicted octanol–water partition coefficient (Wildman–Crippen LogP) is 2.40. The van der Waals surface area contributed by atoms with Crippen molar-refractivity contribution in [3.05, 3.63) is 39.1 Å². The molecule has 0 radical (unpaired) electrons. The minimum atomic E-state index is -3.68. The number of nitrogen functional groups attached to an aromatic ring is 1. The summed E-state index contributed by atoms with van der Waals surface area (Å²) < 4.78 is 27.8. The standard InChI is InChI=1S/C12H14BrN3O2S2/c1-8(4-9-2-3-19-7-9)16-20(17,18)11-5-10(13)6-15-12(11)14/h2-3,5-8,16H,4H2,1H3,(H2,14,15). The Kier molecular flexibility index (Phi) is 4.79. The fourth-order valence-electron chi connectivity index (χ4n) is 1.78. The second-order valence-corrected chi connectivity index (χ2v) is 7.77. The number of nitrogens with one attached hydrogen (secondary N) is 1. The number of nitrogens with two attached hydrogens (primary N) is 1. The van der Waals surface area contributed by atoms with Crippen molar-refractivity contribution >= 4 is 43.1 Å². The highest BCUT2D eigenvalue weighted by Crippen LogP contribution is 2.21. The van der Waals surface area contributed by atoms with Crippen LogP contribution in [0.25, 0.3) is 0 Å². The van der Waals surface area contributed by atoms with Gasteiger partial charge in [-0.2, -0.15) is 11.3 Å². The zero-order valence-electron chi connectivity index (χ0n) is 10.7. The highest BCUT2D eigenvalue weighted by atomic mass is 79.9. The molecular formula is C12H14BrN3O2S2. The van der Waals surface area contributed by atoms with Crippen LogP contribution >= 0.6 is 27.3 Å². The van der Waals surface area contributed by atoms with Crippen LogP contribution in [0.5, 0.6) is 0 Å². The Bertz CT molecular complexity index is 687. The van der Waals surface area contributed by atoms with Crippen LogP contribution < -0.4 is 10.5 Å². The van der Waals surface area contributed by atoms with E-state index in [1.807, 2.05) is 23.8 Å². The van der Waals surface area contributed by atoms with Crippen molar-refractivity contribution in [1.29, 1.82) is 0 Å². The predicted molar refractivity (Wildman–Crippen MR) is 84.2 cm³/mol. The number of halogens is 1. The van der Waals surface area contributed by atoms with E-state index < -0.39 is 10.0 Å². The van der Waals surface area contributed by atoms with Crippen LogP contribution in [-0.4, -0.2) is 19.4 Å². The summed E-state index contributed by atoms with van der Waals surface area (Å²) in [5.41, 5.74) is 6.74. The molecule has 0 aromatic carbocycles. The fraction of sp³-hybridized carbons (Fsp3) is 0.250. The van der Waals surface area contributed by atoms with Crippen molar-refractivity contribution in [1.82, 2.24) is 9.71 Å². The van der Waals surface area contributed by atoms with Gasteiger partial charge in [-0.15, -0.1) is 0 Å². The summed E-state index contributed by atoms with van der Waals surface area (Å²) in [7, 11) is -3.68. The van der Waals surface area contributed by atoms with Gasteiger partial charge in [0.2, 0.25) is 10.0 Å². The van der Waals surface area contributed by atoms with Gasteiger partial charge in [-0.25, -0.2) is 18.1 Å². The summed E-state index contributed by atoms with van der Waals surface area (Å²) in [5, 5.41) is 3.96. The monoisotopic (exact) mass is 375 g/mol. The second kappa shape index (κ2) is 6.21. The van der Waals surface area contributed by atoms with Crippen LogP contribution in [0, 0.1) is 0 Å². The highest BCUT2D eigenvalue weighted by Gasteiger charge is 2.21. The van der Waals surface area contributed by atoms with E-state index in [2.05, 4.69) is 25.6 Å². The van der Waals surface area contributed by atoms with Gasteiger partial charge in [0.15, 0.2) is 0 Å². The van der Waals surface area contributed by atoms with Gasteiger partial charge in [-0.3, -0.25) is 0 Å². The number of nitrogens with zero attached hydrogens (tertiary/aromatic N) is 1. The molecule has 2 rings (SSSR count). The molecule has 0 saturated heterocycles. The number of sulfonamides is 1. The maximum absolute atomic E-state index is 12.3. The molecule has 0 bridgehead atoms. The van der Waals surface area contributed by atoms with E-state index in [1.54, 1.807) is 11.3 Å². The molecule has 0 amide bonds. The summed E-state index contributed by atoms with van der Waals surface area (Å²) in [4.78, 5) is 3.83. The number of anilines is 1. The Morgan fingerprint density at radius 2 is 2.30 bits per heavy atom. The van der Waals surface area contributed by atoms with Gasteiger partial charge in [-0.05, 0) is 57.7 Å².